The summed E-state index contributed by atoms with van der Waals surface area (Å²) in [7, 11) is 1.39. The lowest BCUT2D eigenvalue weighted by Crippen LogP contribution is -2.41. The molecule has 5 N–H and O–H groups in total. The summed E-state index contributed by atoms with van der Waals surface area (Å²) < 4.78 is 6.96. The molecule has 4 atom stereocenters. The van der Waals surface area contributed by atoms with Crippen LogP contribution in [0.5, 0.6) is 0 Å². The Kier molecular flexibility index (Phi) is 7.55. The van der Waals surface area contributed by atoms with Crippen LogP contribution in [0.1, 0.15) is 36.3 Å². The van der Waals surface area contributed by atoms with Crippen molar-refractivity contribution in [3.63, 3.8) is 0 Å². The summed E-state index contributed by atoms with van der Waals surface area (Å²) in [6.07, 6.45) is -2.61. The molecule has 3 aromatic heterocycles. The fourth-order valence-corrected chi connectivity index (χ4v) is 3.90. The van der Waals surface area contributed by atoms with E-state index in [0.717, 1.165) is 0 Å². The van der Waals surface area contributed by atoms with Crippen LogP contribution < -0.4 is 11.1 Å². The quantitative estimate of drug-likeness (QED) is 0.254. The minimum Gasteiger partial charge on any atom is -0.387 e. The van der Waals surface area contributed by atoms with Gasteiger partial charge in [-0.3, -0.25) is 14.2 Å². The van der Waals surface area contributed by atoms with Crippen molar-refractivity contribution < 1.29 is 24.5 Å². The summed E-state index contributed by atoms with van der Waals surface area (Å²) in [6, 6.07) is 2.97. The highest BCUT2D eigenvalue weighted by Crippen LogP contribution is 2.32. The first-order valence-corrected chi connectivity index (χ1v) is 11.6. The molecule has 1 aliphatic rings. The van der Waals surface area contributed by atoms with Gasteiger partial charge in [-0.2, -0.15) is 0 Å². The second-order valence-electron chi connectivity index (χ2n) is 8.50. The van der Waals surface area contributed by atoms with Crippen molar-refractivity contribution in [1.82, 2.24) is 34.7 Å². The number of aliphatic hydroxyl groups excluding tert-OH is 2. The highest BCUT2D eigenvalue weighted by molar-refractivity contribution is 6.29. The van der Waals surface area contributed by atoms with Crippen LogP contribution in [0.15, 0.2) is 24.7 Å². The summed E-state index contributed by atoms with van der Waals surface area (Å²) in [6.45, 7) is 3.79. The Labute approximate surface area is 216 Å². The fraction of sp³-hybridized carbons (Fsp3) is 0.391. The molecule has 4 rings (SSSR count). The van der Waals surface area contributed by atoms with Crippen LogP contribution in [0.4, 0.5) is 5.82 Å². The van der Waals surface area contributed by atoms with Crippen molar-refractivity contribution >= 4 is 40.4 Å². The number of likely N-dealkylation sites (N-methyl/N-ethyl adjacent to an activating group) is 1. The number of fused-ring (bicyclic) bond motifs is 1. The van der Waals surface area contributed by atoms with Crippen LogP contribution in [0.3, 0.4) is 0 Å². The van der Waals surface area contributed by atoms with Gasteiger partial charge in [0.2, 0.25) is 5.82 Å². The minimum absolute atomic E-state index is 0.0352. The van der Waals surface area contributed by atoms with E-state index in [0.29, 0.717) is 5.56 Å². The zero-order chi connectivity index (χ0) is 26.9. The number of halogens is 1. The molecule has 14 heteroatoms. The number of aromatic nitrogens is 5. The number of aliphatic hydroxyl groups is 2. The zero-order valence-electron chi connectivity index (χ0n) is 20.2. The van der Waals surface area contributed by atoms with E-state index in [9.17, 15) is 19.8 Å². The van der Waals surface area contributed by atoms with Gasteiger partial charge < -0.3 is 30.9 Å². The van der Waals surface area contributed by atoms with Gasteiger partial charge in [-0.05, 0) is 31.9 Å². The third-order valence-electron chi connectivity index (χ3n) is 5.77. The van der Waals surface area contributed by atoms with Crippen molar-refractivity contribution in [1.29, 1.82) is 0 Å². The summed E-state index contributed by atoms with van der Waals surface area (Å²) in [5, 5.41) is 23.4. The molecular formula is C23H25ClN8O5. The van der Waals surface area contributed by atoms with E-state index >= 15 is 0 Å². The van der Waals surface area contributed by atoms with Crippen LogP contribution in [0.25, 0.3) is 11.2 Å². The van der Waals surface area contributed by atoms with Gasteiger partial charge in [-0.15, -0.1) is 0 Å². The molecule has 0 spiro atoms. The number of nitrogen functional groups attached to an aromatic ring is 1. The normalized spacial score (nSPS) is 21.1. The van der Waals surface area contributed by atoms with E-state index in [1.807, 2.05) is 13.8 Å². The maximum atomic E-state index is 12.9. The van der Waals surface area contributed by atoms with E-state index in [4.69, 9.17) is 22.1 Å². The molecular weight excluding hydrogens is 504 g/mol. The molecule has 1 unspecified atom stereocenters. The standard InChI is InChI=1S/C23H25ClN8O5/c1-11(2)31(22(36)12-6-7-13(24)27-9-12)8-4-5-14-29-19(25)15-20(30-14)32(10-28-15)23-17(34)16(33)18(37-23)21(35)26-3/h6-7,9-11,16-18,23,33-34H,8H2,1-3H3,(H,26,35)(H2,25,29,30)/t16?,17-,18+,23-/m1/s1. The number of hydrogen-bond acceptors (Lipinski definition) is 10. The van der Waals surface area contributed by atoms with Crippen molar-refractivity contribution in [3.8, 4) is 11.8 Å². The number of carbonyl (C=O) groups excluding carboxylic acids is 2. The van der Waals surface area contributed by atoms with Crippen LogP contribution in [-0.2, 0) is 9.53 Å². The Balaban J connectivity index is 1.60. The molecule has 13 nitrogen and oxygen atoms in total. The Hall–Kier alpha value is -3.83. The highest BCUT2D eigenvalue weighted by Gasteiger charge is 2.47. The van der Waals surface area contributed by atoms with Crippen molar-refractivity contribution in [2.45, 2.75) is 44.4 Å². The molecule has 1 saturated heterocycles. The summed E-state index contributed by atoms with van der Waals surface area (Å²) in [5.41, 5.74) is 6.84. The fourth-order valence-electron chi connectivity index (χ4n) is 3.79. The zero-order valence-corrected chi connectivity index (χ0v) is 20.9. The van der Waals surface area contributed by atoms with E-state index in [1.54, 1.807) is 11.0 Å². The molecule has 3 aromatic rings. The SMILES string of the molecule is CNC(=O)[C@H]1O[C@@H](n2cnc3c(N)nc(C#CCN(C(=O)c4ccc(Cl)nc4)C(C)C)nc32)[C@H](O)C1O. The second kappa shape index (κ2) is 10.7. The molecule has 37 heavy (non-hydrogen) atoms. The number of nitrogens with one attached hydrogen (secondary N) is 1. The van der Waals surface area contributed by atoms with Crippen LogP contribution in [0, 0.1) is 11.8 Å². The van der Waals surface area contributed by atoms with Crippen LogP contribution >= 0.6 is 11.6 Å². The summed E-state index contributed by atoms with van der Waals surface area (Å²) in [4.78, 5) is 43.1. The maximum absolute atomic E-state index is 12.9. The van der Waals surface area contributed by atoms with Crippen molar-refractivity contribution in [2.75, 3.05) is 19.3 Å². The number of amides is 2. The molecule has 0 saturated carbocycles. The van der Waals surface area contributed by atoms with Crippen LogP contribution in [-0.4, -0.2) is 89.4 Å². The number of imidazole rings is 1. The third-order valence-corrected chi connectivity index (χ3v) is 6.00. The maximum Gasteiger partial charge on any atom is 0.256 e. The number of nitrogens with zero attached hydrogens (tertiary/aromatic N) is 6. The monoisotopic (exact) mass is 528 g/mol. The third kappa shape index (κ3) is 5.18. The van der Waals surface area contributed by atoms with Gasteiger partial charge in [-0.1, -0.05) is 17.5 Å². The Bertz CT molecular complexity index is 1380. The van der Waals surface area contributed by atoms with Gasteiger partial charge in [0.15, 0.2) is 23.8 Å². The molecule has 1 fully saturated rings. The van der Waals surface area contributed by atoms with E-state index in [1.165, 1.54) is 30.2 Å². The lowest BCUT2D eigenvalue weighted by atomic mass is 10.1. The number of nitrogens with two attached hydrogens (primary N) is 1. The lowest BCUT2D eigenvalue weighted by Gasteiger charge is -2.24. The number of rotatable bonds is 5. The first-order chi connectivity index (χ1) is 17.6. The van der Waals surface area contributed by atoms with E-state index in [-0.39, 0.29) is 46.5 Å². The highest BCUT2D eigenvalue weighted by atomic mass is 35.5. The first kappa shape index (κ1) is 26.2. The smallest absolute Gasteiger partial charge is 0.256 e. The van der Waals surface area contributed by atoms with E-state index < -0.39 is 30.4 Å². The van der Waals surface area contributed by atoms with Gasteiger partial charge in [0.25, 0.3) is 11.8 Å². The van der Waals surface area contributed by atoms with Crippen LogP contribution in [0.2, 0.25) is 5.15 Å². The number of anilines is 1. The number of ether oxygens (including phenoxy) is 1. The van der Waals surface area contributed by atoms with Gasteiger partial charge in [0.1, 0.15) is 22.9 Å². The lowest BCUT2D eigenvalue weighted by molar-refractivity contribution is -0.137. The van der Waals surface area contributed by atoms with Gasteiger partial charge in [-0.25, -0.2) is 19.9 Å². The Morgan fingerprint density at radius 2 is 2.03 bits per heavy atom. The van der Waals surface area contributed by atoms with Gasteiger partial charge in [0.05, 0.1) is 18.4 Å². The Morgan fingerprint density at radius 1 is 1.27 bits per heavy atom. The van der Waals surface area contributed by atoms with E-state index in [2.05, 4.69) is 37.1 Å². The van der Waals surface area contributed by atoms with Crippen molar-refractivity contribution in [3.05, 3.63) is 41.2 Å². The second-order valence-corrected chi connectivity index (χ2v) is 8.88. The predicted octanol–water partition coefficient (Wildman–Crippen LogP) is -0.276. The predicted molar refractivity (Wildman–Crippen MR) is 132 cm³/mol. The summed E-state index contributed by atoms with van der Waals surface area (Å²) in [5.74, 6) is 4.92. The molecule has 194 valence electrons. The van der Waals surface area contributed by atoms with Gasteiger partial charge in [0, 0.05) is 19.3 Å². The molecule has 0 aliphatic carbocycles. The number of carbonyl (C=O) groups is 2. The van der Waals surface area contributed by atoms with Gasteiger partial charge >= 0.3 is 0 Å². The summed E-state index contributed by atoms with van der Waals surface area (Å²) >= 11 is 5.81. The molecule has 4 heterocycles. The Morgan fingerprint density at radius 3 is 2.68 bits per heavy atom. The average molecular weight is 529 g/mol. The largest absolute Gasteiger partial charge is 0.387 e. The molecule has 0 radical (unpaired) electrons. The number of pyridine rings is 1. The average Bonchev–Trinajstić information content (AvgIpc) is 3.42. The molecule has 2 amide bonds. The number of hydrogen-bond donors (Lipinski definition) is 4. The topological polar surface area (TPSA) is 182 Å². The minimum atomic E-state index is -1.46. The van der Waals surface area contributed by atoms with Crippen molar-refractivity contribution in [2.24, 2.45) is 0 Å². The molecule has 1 aliphatic heterocycles. The first-order valence-electron chi connectivity index (χ1n) is 11.3. The molecule has 0 aromatic carbocycles. The molecule has 0 bridgehead atoms.